The maximum absolute atomic E-state index is 11.0. The van der Waals surface area contributed by atoms with Crippen molar-refractivity contribution in [3.05, 3.63) is 59.9 Å². The first-order valence-electron chi connectivity index (χ1n) is 6.30. The Morgan fingerprint density at radius 3 is 2.25 bits per heavy atom. The molecule has 2 unspecified atom stereocenters. The van der Waals surface area contributed by atoms with Crippen molar-refractivity contribution in [2.24, 2.45) is 11.5 Å². The summed E-state index contributed by atoms with van der Waals surface area (Å²) in [7, 11) is 0. The van der Waals surface area contributed by atoms with E-state index in [9.17, 15) is 4.79 Å². The highest BCUT2D eigenvalue weighted by atomic mass is 16.5. The standard InChI is InChI=1S/C15H17N3O2/c1-10(16)14(11-6-8-18-9-7-11)20-13-4-2-12(3-5-13)15(17)19/h2-10,14H,16H2,1H3,(H2,17,19). The minimum atomic E-state index is -0.463. The molecule has 2 rings (SSSR count). The average molecular weight is 271 g/mol. The summed E-state index contributed by atoms with van der Waals surface area (Å²) in [6.45, 7) is 1.88. The summed E-state index contributed by atoms with van der Waals surface area (Å²) in [5.41, 5.74) is 12.6. The van der Waals surface area contributed by atoms with Crippen LogP contribution in [0.2, 0.25) is 0 Å². The molecule has 104 valence electrons. The lowest BCUT2D eigenvalue weighted by atomic mass is 10.1. The van der Waals surface area contributed by atoms with Crippen molar-refractivity contribution in [2.45, 2.75) is 19.1 Å². The van der Waals surface area contributed by atoms with Crippen molar-refractivity contribution < 1.29 is 9.53 Å². The van der Waals surface area contributed by atoms with Gasteiger partial charge in [-0.2, -0.15) is 0 Å². The molecule has 20 heavy (non-hydrogen) atoms. The summed E-state index contributed by atoms with van der Waals surface area (Å²) in [5, 5.41) is 0. The Morgan fingerprint density at radius 2 is 1.75 bits per heavy atom. The van der Waals surface area contributed by atoms with Gasteiger partial charge in [0.15, 0.2) is 0 Å². The lowest BCUT2D eigenvalue weighted by Crippen LogP contribution is -2.29. The van der Waals surface area contributed by atoms with Gasteiger partial charge >= 0.3 is 0 Å². The smallest absolute Gasteiger partial charge is 0.248 e. The molecular weight excluding hydrogens is 254 g/mol. The Hall–Kier alpha value is -2.40. The number of carbonyl (C=O) groups is 1. The summed E-state index contributed by atoms with van der Waals surface area (Å²) in [4.78, 5) is 15.0. The fourth-order valence-electron chi connectivity index (χ4n) is 1.88. The van der Waals surface area contributed by atoms with Gasteiger partial charge in [0.25, 0.3) is 0 Å². The Bertz CT molecular complexity index is 567. The zero-order chi connectivity index (χ0) is 14.5. The third-order valence-electron chi connectivity index (χ3n) is 2.91. The molecule has 2 atom stereocenters. The first kappa shape index (κ1) is 14.0. The van der Waals surface area contributed by atoms with Gasteiger partial charge in [-0.15, -0.1) is 0 Å². The van der Waals surface area contributed by atoms with Crippen LogP contribution in [0.25, 0.3) is 0 Å². The summed E-state index contributed by atoms with van der Waals surface area (Å²) >= 11 is 0. The highest BCUT2D eigenvalue weighted by molar-refractivity contribution is 5.92. The molecule has 0 aliphatic rings. The second-order valence-electron chi connectivity index (χ2n) is 4.57. The molecule has 2 aromatic rings. The molecule has 0 bridgehead atoms. The molecule has 0 aliphatic heterocycles. The van der Waals surface area contributed by atoms with Gasteiger partial charge in [0, 0.05) is 24.0 Å². The number of amides is 1. The van der Waals surface area contributed by atoms with E-state index in [4.69, 9.17) is 16.2 Å². The summed E-state index contributed by atoms with van der Waals surface area (Å²) < 4.78 is 5.89. The van der Waals surface area contributed by atoms with Gasteiger partial charge in [0.2, 0.25) is 5.91 Å². The van der Waals surface area contributed by atoms with Crippen LogP contribution in [-0.2, 0) is 0 Å². The highest BCUT2D eigenvalue weighted by Crippen LogP contribution is 2.24. The lowest BCUT2D eigenvalue weighted by molar-refractivity contribution is 0.1000. The normalized spacial score (nSPS) is 13.5. The van der Waals surface area contributed by atoms with E-state index in [1.54, 1.807) is 36.7 Å². The van der Waals surface area contributed by atoms with Crippen LogP contribution in [0.3, 0.4) is 0 Å². The molecule has 0 spiro atoms. The molecule has 1 aromatic heterocycles. The van der Waals surface area contributed by atoms with Gasteiger partial charge < -0.3 is 16.2 Å². The third-order valence-corrected chi connectivity index (χ3v) is 2.91. The van der Waals surface area contributed by atoms with Crippen LogP contribution in [0.1, 0.15) is 28.9 Å². The lowest BCUT2D eigenvalue weighted by Gasteiger charge is -2.22. The number of aromatic nitrogens is 1. The van der Waals surface area contributed by atoms with E-state index in [2.05, 4.69) is 4.98 Å². The highest BCUT2D eigenvalue weighted by Gasteiger charge is 2.18. The monoisotopic (exact) mass is 271 g/mol. The number of benzene rings is 1. The number of rotatable bonds is 5. The van der Waals surface area contributed by atoms with Crippen molar-refractivity contribution in [1.82, 2.24) is 4.98 Å². The van der Waals surface area contributed by atoms with Gasteiger partial charge in [-0.1, -0.05) is 0 Å². The number of pyridine rings is 1. The van der Waals surface area contributed by atoms with E-state index in [-0.39, 0.29) is 12.1 Å². The number of carbonyl (C=O) groups excluding carboxylic acids is 1. The predicted molar refractivity (Wildman–Crippen MR) is 76.2 cm³/mol. The topological polar surface area (TPSA) is 91.2 Å². The van der Waals surface area contributed by atoms with Crippen LogP contribution in [0, 0.1) is 0 Å². The van der Waals surface area contributed by atoms with Gasteiger partial charge in [0.1, 0.15) is 11.9 Å². The fraction of sp³-hybridized carbons (Fsp3) is 0.200. The first-order valence-corrected chi connectivity index (χ1v) is 6.30. The fourth-order valence-corrected chi connectivity index (χ4v) is 1.88. The second-order valence-corrected chi connectivity index (χ2v) is 4.57. The third kappa shape index (κ3) is 3.33. The van der Waals surface area contributed by atoms with Crippen LogP contribution in [0.15, 0.2) is 48.8 Å². The molecule has 5 heteroatoms. The Balaban J connectivity index is 2.19. The quantitative estimate of drug-likeness (QED) is 0.865. The van der Waals surface area contributed by atoms with Crippen LogP contribution in [0.4, 0.5) is 0 Å². The second kappa shape index (κ2) is 6.16. The maximum atomic E-state index is 11.0. The van der Waals surface area contributed by atoms with Crippen molar-refractivity contribution in [3.8, 4) is 5.75 Å². The first-order chi connectivity index (χ1) is 9.58. The molecule has 1 aromatic carbocycles. The molecule has 5 nitrogen and oxygen atoms in total. The number of primary amides is 1. The van der Waals surface area contributed by atoms with E-state index < -0.39 is 5.91 Å². The molecule has 1 heterocycles. The average Bonchev–Trinajstić information content (AvgIpc) is 2.46. The summed E-state index contributed by atoms with van der Waals surface area (Å²) in [6, 6.07) is 10.2. The zero-order valence-electron chi connectivity index (χ0n) is 11.2. The maximum Gasteiger partial charge on any atom is 0.248 e. The van der Waals surface area contributed by atoms with Crippen LogP contribution < -0.4 is 16.2 Å². The van der Waals surface area contributed by atoms with Crippen molar-refractivity contribution in [2.75, 3.05) is 0 Å². The van der Waals surface area contributed by atoms with Crippen LogP contribution in [-0.4, -0.2) is 16.9 Å². The Labute approximate surface area is 117 Å². The van der Waals surface area contributed by atoms with E-state index in [0.717, 1.165) is 5.56 Å². The zero-order valence-corrected chi connectivity index (χ0v) is 11.2. The van der Waals surface area contributed by atoms with Crippen molar-refractivity contribution >= 4 is 5.91 Å². The minimum absolute atomic E-state index is 0.187. The molecule has 1 amide bonds. The molecule has 4 N–H and O–H groups in total. The summed E-state index contributed by atoms with van der Waals surface area (Å²) in [5.74, 6) is 0.170. The number of hydrogen-bond donors (Lipinski definition) is 2. The van der Waals surface area contributed by atoms with E-state index in [1.807, 2.05) is 19.1 Å². The molecule has 0 radical (unpaired) electrons. The van der Waals surface area contributed by atoms with Crippen LogP contribution in [0.5, 0.6) is 5.75 Å². The number of nitrogens with two attached hydrogens (primary N) is 2. The molecule has 0 saturated heterocycles. The van der Waals surface area contributed by atoms with Gasteiger partial charge in [-0.05, 0) is 48.9 Å². The molecule has 0 fully saturated rings. The van der Waals surface area contributed by atoms with Crippen molar-refractivity contribution in [1.29, 1.82) is 0 Å². The Morgan fingerprint density at radius 1 is 1.15 bits per heavy atom. The minimum Gasteiger partial charge on any atom is -0.484 e. The number of ether oxygens (including phenoxy) is 1. The SMILES string of the molecule is CC(N)C(Oc1ccc(C(N)=O)cc1)c1ccncc1. The molecule has 0 aliphatic carbocycles. The summed E-state index contributed by atoms with van der Waals surface area (Å²) in [6.07, 6.45) is 3.12. The number of nitrogens with zero attached hydrogens (tertiary/aromatic N) is 1. The van der Waals surface area contributed by atoms with E-state index in [1.165, 1.54) is 0 Å². The van der Waals surface area contributed by atoms with Gasteiger partial charge in [0.05, 0.1) is 0 Å². The van der Waals surface area contributed by atoms with Gasteiger partial charge in [-0.25, -0.2) is 0 Å². The van der Waals surface area contributed by atoms with Gasteiger partial charge in [-0.3, -0.25) is 9.78 Å². The van der Waals surface area contributed by atoms with E-state index in [0.29, 0.717) is 11.3 Å². The predicted octanol–water partition coefficient (Wildman–Crippen LogP) is 1.65. The van der Waals surface area contributed by atoms with E-state index >= 15 is 0 Å². The van der Waals surface area contributed by atoms with Crippen molar-refractivity contribution in [3.63, 3.8) is 0 Å². The molecular formula is C15H17N3O2. The number of hydrogen-bond acceptors (Lipinski definition) is 4. The van der Waals surface area contributed by atoms with Crippen LogP contribution >= 0.6 is 0 Å². The molecule has 0 saturated carbocycles. The largest absolute Gasteiger partial charge is 0.484 e. The Kier molecular flexibility index (Phi) is 4.32.